The summed E-state index contributed by atoms with van der Waals surface area (Å²) in [6.07, 6.45) is 0. The van der Waals surface area contributed by atoms with E-state index in [0.29, 0.717) is 0 Å². The Balaban J connectivity index is 1.16. The molecule has 10 aromatic carbocycles. The lowest BCUT2D eigenvalue weighted by molar-refractivity contribution is 0.602. The zero-order chi connectivity index (χ0) is 38.4. The van der Waals surface area contributed by atoms with Crippen molar-refractivity contribution in [3.8, 4) is 44.9 Å². The van der Waals surface area contributed by atoms with Gasteiger partial charge in [-0.15, -0.1) is 0 Å². The van der Waals surface area contributed by atoms with Crippen molar-refractivity contribution < 1.29 is 4.42 Å². The molecule has 0 unspecified atom stereocenters. The van der Waals surface area contributed by atoms with Crippen LogP contribution >= 0.6 is 0 Å². The zero-order valence-corrected chi connectivity index (χ0v) is 31.7. The number of fused-ring (bicyclic) bond motifs is 6. The van der Waals surface area contributed by atoms with E-state index in [1.165, 1.54) is 43.4 Å². The summed E-state index contributed by atoms with van der Waals surface area (Å²) in [5, 5.41) is 9.62. The molecule has 11 rings (SSSR count). The minimum atomic E-state index is 0.857. The quantitative estimate of drug-likeness (QED) is 0.151. The number of nitrogens with zero attached hydrogens (tertiary/aromatic N) is 1. The molecule has 0 radical (unpaired) electrons. The molecule has 0 amide bonds. The summed E-state index contributed by atoms with van der Waals surface area (Å²) in [5.74, 6) is 1.74. The summed E-state index contributed by atoms with van der Waals surface area (Å²) in [6.45, 7) is 0. The maximum atomic E-state index is 6.86. The van der Waals surface area contributed by atoms with Crippen LogP contribution in [-0.4, -0.2) is 0 Å². The molecule has 11 aromatic rings. The molecule has 272 valence electrons. The van der Waals surface area contributed by atoms with Crippen LogP contribution in [-0.2, 0) is 0 Å². The van der Waals surface area contributed by atoms with Crippen molar-refractivity contribution in [1.29, 1.82) is 0 Å². The molecule has 0 spiro atoms. The van der Waals surface area contributed by atoms with E-state index in [-0.39, 0.29) is 0 Å². The van der Waals surface area contributed by atoms with Crippen LogP contribution in [0.25, 0.3) is 88.0 Å². The fraction of sp³-hybridized carbons (Fsp3) is 0. The number of furan rings is 1. The second-order valence-electron chi connectivity index (χ2n) is 14.9. The van der Waals surface area contributed by atoms with E-state index in [1.807, 2.05) is 6.07 Å². The number of rotatable bonds is 7. The van der Waals surface area contributed by atoms with E-state index >= 15 is 0 Å². The van der Waals surface area contributed by atoms with Crippen LogP contribution < -0.4 is 4.90 Å². The molecule has 1 aromatic heterocycles. The Morgan fingerprint density at radius 2 is 0.707 bits per heavy atom. The Labute approximate surface area is 337 Å². The Bertz CT molecular complexity index is 3220. The van der Waals surface area contributed by atoms with E-state index in [9.17, 15) is 0 Å². The summed E-state index contributed by atoms with van der Waals surface area (Å²) in [5.41, 5.74) is 9.89. The first-order chi connectivity index (χ1) is 28.7. The highest BCUT2D eigenvalue weighted by atomic mass is 16.3. The SMILES string of the molecule is c1ccc(-c2cc(-c3ccccc3)cc(N(c3cccc(-c4oc(-c5ccccc5)c5ccccc45)c3)c3ccc4ccc5c6ccccc6ccc5c4c3)c2)cc1. The topological polar surface area (TPSA) is 16.4 Å². The molecule has 2 heteroatoms. The molecule has 0 bridgehead atoms. The minimum absolute atomic E-state index is 0.857. The lowest BCUT2D eigenvalue weighted by Crippen LogP contribution is -2.10. The van der Waals surface area contributed by atoms with Gasteiger partial charge in [0, 0.05) is 39.0 Å². The van der Waals surface area contributed by atoms with Gasteiger partial charge in [-0.1, -0.05) is 182 Å². The monoisotopic (exact) mass is 739 g/mol. The second kappa shape index (κ2) is 14.1. The Morgan fingerprint density at radius 3 is 1.36 bits per heavy atom. The van der Waals surface area contributed by atoms with Gasteiger partial charge in [-0.25, -0.2) is 0 Å². The predicted molar refractivity (Wildman–Crippen MR) is 245 cm³/mol. The first-order valence-electron chi connectivity index (χ1n) is 19.8. The van der Waals surface area contributed by atoms with E-state index in [0.717, 1.165) is 61.6 Å². The average molecular weight is 740 g/mol. The standard InChI is InChI=1S/C56H37NO/c1-4-15-38(16-5-1)44-33-45(39-17-6-2-7-18-39)36-48(35-44)57(47-30-27-41-29-31-50-49-24-11-10-19-40(49)28-32-51(50)54(41)37-47)46-23-14-22-43(34-46)56-53-26-13-12-25-52(53)55(58-56)42-20-8-3-9-21-42/h1-37H. The lowest BCUT2D eigenvalue weighted by atomic mass is 9.95. The van der Waals surface area contributed by atoms with Gasteiger partial charge in [-0.05, 0) is 97.0 Å². The van der Waals surface area contributed by atoms with Crippen LogP contribution in [0.5, 0.6) is 0 Å². The molecule has 0 aliphatic heterocycles. The first kappa shape index (κ1) is 33.6. The third-order valence-electron chi connectivity index (χ3n) is 11.4. The van der Waals surface area contributed by atoms with E-state index in [1.54, 1.807) is 0 Å². The Kier molecular flexibility index (Phi) is 8.19. The summed E-state index contributed by atoms with van der Waals surface area (Å²) < 4.78 is 6.86. The van der Waals surface area contributed by atoms with E-state index in [4.69, 9.17) is 4.42 Å². The minimum Gasteiger partial charge on any atom is -0.455 e. The van der Waals surface area contributed by atoms with Gasteiger partial charge in [0.1, 0.15) is 11.5 Å². The number of hydrogen-bond donors (Lipinski definition) is 0. The van der Waals surface area contributed by atoms with Crippen LogP contribution in [0.15, 0.2) is 229 Å². The summed E-state index contributed by atoms with van der Waals surface area (Å²) >= 11 is 0. The normalized spacial score (nSPS) is 11.4. The Morgan fingerprint density at radius 1 is 0.241 bits per heavy atom. The van der Waals surface area contributed by atoms with Gasteiger partial charge in [-0.3, -0.25) is 0 Å². The van der Waals surface area contributed by atoms with Crippen molar-refractivity contribution >= 4 is 60.2 Å². The van der Waals surface area contributed by atoms with Crippen molar-refractivity contribution in [3.63, 3.8) is 0 Å². The van der Waals surface area contributed by atoms with Gasteiger partial charge < -0.3 is 9.32 Å². The van der Waals surface area contributed by atoms with Crippen LogP contribution in [0, 0.1) is 0 Å². The van der Waals surface area contributed by atoms with Crippen LogP contribution in [0.1, 0.15) is 0 Å². The van der Waals surface area contributed by atoms with Crippen LogP contribution in [0.3, 0.4) is 0 Å². The highest BCUT2D eigenvalue weighted by Gasteiger charge is 2.20. The second-order valence-corrected chi connectivity index (χ2v) is 14.9. The van der Waals surface area contributed by atoms with Crippen molar-refractivity contribution in [3.05, 3.63) is 224 Å². The van der Waals surface area contributed by atoms with Crippen molar-refractivity contribution in [2.24, 2.45) is 0 Å². The molecule has 0 fully saturated rings. The molecular formula is C56H37NO. The van der Waals surface area contributed by atoms with Gasteiger partial charge in [0.25, 0.3) is 0 Å². The summed E-state index contributed by atoms with van der Waals surface area (Å²) in [6, 6.07) is 80.6. The molecule has 0 aliphatic carbocycles. The molecule has 58 heavy (non-hydrogen) atoms. The third kappa shape index (κ3) is 5.91. The Hall–Kier alpha value is -7.68. The largest absolute Gasteiger partial charge is 0.455 e. The smallest absolute Gasteiger partial charge is 0.142 e. The van der Waals surface area contributed by atoms with Gasteiger partial charge in [0.05, 0.1) is 0 Å². The van der Waals surface area contributed by atoms with Gasteiger partial charge >= 0.3 is 0 Å². The summed E-state index contributed by atoms with van der Waals surface area (Å²) in [7, 11) is 0. The van der Waals surface area contributed by atoms with Crippen LogP contribution in [0.2, 0.25) is 0 Å². The highest BCUT2D eigenvalue weighted by Crippen LogP contribution is 2.45. The zero-order valence-electron chi connectivity index (χ0n) is 31.7. The molecule has 0 saturated heterocycles. The highest BCUT2D eigenvalue weighted by molar-refractivity contribution is 6.18. The molecular weight excluding hydrogens is 703 g/mol. The number of hydrogen-bond acceptors (Lipinski definition) is 2. The van der Waals surface area contributed by atoms with Crippen LogP contribution in [0.4, 0.5) is 17.1 Å². The van der Waals surface area contributed by atoms with E-state index < -0.39 is 0 Å². The van der Waals surface area contributed by atoms with Crippen molar-refractivity contribution in [1.82, 2.24) is 0 Å². The fourth-order valence-corrected chi connectivity index (χ4v) is 8.62. The molecule has 0 N–H and O–H groups in total. The lowest BCUT2D eigenvalue weighted by Gasteiger charge is -2.28. The molecule has 1 heterocycles. The van der Waals surface area contributed by atoms with Gasteiger partial charge in [0.2, 0.25) is 0 Å². The van der Waals surface area contributed by atoms with Crippen molar-refractivity contribution in [2.45, 2.75) is 0 Å². The number of anilines is 3. The predicted octanol–water partition coefficient (Wildman–Crippen LogP) is 16.0. The van der Waals surface area contributed by atoms with Gasteiger partial charge in [-0.2, -0.15) is 0 Å². The fourth-order valence-electron chi connectivity index (χ4n) is 8.62. The maximum absolute atomic E-state index is 6.86. The first-order valence-corrected chi connectivity index (χ1v) is 19.8. The molecule has 0 aliphatic rings. The molecule has 2 nitrogen and oxygen atoms in total. The average Bonchev–Trinajstić information content (AvgIpc) is 3.70. The summed E-state index contributed by atoms with van der Waals surface area (Å²) in [4.78, 5) is 2.41. The van der Waals surface area contributed by atoms with Gasteiger partial charge in [0.15, 0.2) is 0 Å². The molecule has 0 atom stereocenters. The van der Waals surface area contributed by atoms with E-state index in [2.05, 4.69) is 223 Å². The number of benzene rings is 10. The molecule has 0 saturated carbocycles. The maximum Gasteiger partial charge on any atom is 0.142 e. The third-order valence-corrected chi connectivity index (χ3v) is 11.4. The van der Waals surface area contributed by atoms with Crippen molar-refractivity contribution in [2.75, 3.05) is 4.90 Å².